The van der Waals surface area contributed by atoms with Crippen LogP contribution in [0.4, 0.5) is 0 Å². The number of hydrogen-bond donors (Lipinski definition) is 0. The Labute approximate surface area is 71.1 Å². The molecule has 0 amide bonds. The first kappa shape index (κ1) is 8.84. The van der Waals surface area contributed by atoms with E-state index in [1.54, 1.807) is 26.8 Å². The van der Waals surface area contributed by atoms with Crippen LogP contribution in [0, 0.1) is 4.91 Å². The molecule has 0 aromatic carbocycles. The fraction of sp³-hybridized carbons (Fsp3) is 0.444. The normalized spacial score (nSPS) is 24.1. The van der Waals surface area contributed by atoms with Gasteiger partial charge in [0.1, 0.15) is 6.04 Å². The fourth-order valence-corrected chi connectivity index (χ4v) is 1.24. The molecule has 0 radical (unpaired) electrons. The zero-order valence-electron chi connectivity index (χ0n) is 7.42. The van der Waals surface area contributed by atoms with Crippen molar-refractivity contribution in [1.82, 2.24) is 0 Å². The van der Waals surface area contributed by atoms with E-state index in [0.717, 1.165) is 5.57 Å². The van der Waals surface area contributed by atoms with Gasteiger partial charge in [-0.3, -0.25) is 4.79 Å². The van der Waals surface area contributed by atoms with Crippen LogP contribution >= 0.6 is 0 Å². The summed E-state index contributed by atoms with van der Waals surface area (Å²) in [5.74, 6) is 0.0207. The molecule has 0 saturated heterocycles. The van der Waals surface area contributed by atoms with Gasteiger partial charge in [-0.05, 0) is 43.6 Å². The molecule has 1 atom stereocenters. The quantitative estimate of drug-likeness (QED) is 0.558. The third kappa shape index (κ3) is 1.22. The molecule has 0 saturated carbocycles. The van der Waals surface area contributed by atoms with Crippen LogP contribution < -0.4 is 0 Å². The van der Waals surface area contributed by atoms with Gasteiger partial charge in [0.25, 0.3) is 0 Å². The number of carbonyl (C=O) groups excluding carboxylic acids is 1. The van der Waals surface area contributed by atoms with Gasteiger partial charge in [-0.25, -0.2) is 0 Å². The predicted molar refractivity (Wildman–Crippen MR) is 46.7 cm³/mol. The fourth-order valence-electron chi connectivity index (χ4n) is 1.24. The van der Waals surface area contributed by atoms with Crippen LogP contribution in [-0.2, 0) is 4.79 Å². The highest BCUT2D eigenvalue weighted by Gasteiger charge is 2.22. The number of ketones is 1. The zero-order valence-corrected chi connectivity index (χ0v) is 7.42. The summed E-state index contributed by atoms with van der Waals surface area (Å²) in [6, 6.07) is -0.442. The number of hydrogen-bond acceptors (Lipinski definition) is 3. The Bertz CT molecular complexity index is 300. The van der Waals surface area contributed by atoms with E-state index in [-0.39, 0.29) is 5.78 Å². The van der Waals surface area contributed by atoms with Gasteiger partial charge < -0.3 is 0 Å². The molecule has 64 valence electrons. The molecule has 0 fully saturated rings. The third-order valence-corrected chi connectivity index (χ3v) is 2.26. The molecule has 0 spiro atoms. The van der Waals surface area contributed by atoms with E-state index in [9.17, 15) is 9.70 Å². The second kappa shape index (κ2) is 3.01. The Kier molecular flexibility index (Phi) is 2.22. The highest BCUT2D eigenvalue weighted by molar-refractivity contribution is 6.09. The molecule has 0 aliphatic heterocycles. The third-order valence-electron chi connectivity index (χ3n) is 2.26. The van der Waals surface area contributed by atoms with Crippen molar-refractivity contribution >= 4 is 5.78 Å². The van der Waals surface area contributed by atoms with E-state index < -0.39 is 6.04 Å². The summed E-state index contributed by atoms with van der Waals surface area (Å²) in [5.41, 5.74) is 2.03. The lowest BCUT2D eigenvalue weighted by Crippen LogP contribution is -2.17. The highest BCUT2D eigenvalue weighted by Crippen LogP contribution is 2.22. The molecular formula is C9H11NO2. The molecule has 0 bridgehead atoms. The number of carbonyl (C=O) groups is 1. The molecule has 12 heavy (non-hydrogen) atoms. The first-order valence-electron chi connectivity index (χ1n) is 3.81. The zero-order chi connectivity index (χ0) is 9.30. The largest absolute Gasteiger partial charge is 0.289 e. The minimum atomic E-state index is -0.442. The standard InChI is InChI=1S/C9H11NO2/c1-5-4-8(10-12)6(2)7(3)9(5)11/h4,8H,1-3H3. The smallest absolute Gasteiger partial charge is 0.184 e. The first-order valence-corrected chi connectivity index (χ1v) is 3.81. The Hall–Kier alpha value is -1.25. The van der Waals surface area contributed by atoms with Gasteiger partial charge in [-0.15, -0.1) is 4.91 Å². The topological polar surface area (TPSA) is 46.5 Å². The van der Waals surface area contributed by atoms with Crippen LogP contribution in [0.5, 0.6) is 0 Å². The highest BCUT2D eigenvalue weighted by atomic mass is 16.3. The van der Waals surface area contributed by atoms with E-state index >= 15 is 0 Å². The molecular weight excluding hydrogens is 154 g/mol. The van der Waals surface area contributed by atoms with Crippen LogP contribution in [0.1, 0.15) is 20.8 Å². The van der Waals surface area contributed by atoms with Crippen molar-refractivity contribution in [1.29, 1.82) is 0 Å². The van der Waals surface area contributed by atoms with Gasteiger partial charge in [-0.1, -0.05) is 5.18 Å². The first-order chi connectivity index (χ1) is 5.57. The number of nitrogens with zero attached hydrogens (tertiary/aromatic N) is 1. The van der Waals surface area contributed by atoms with Crippen molar-refractivity contribution in [3.8, 4) is 0 Å². The van der Waals surface area contributed by atoms with Crippen molar-refractivity contribution in [2.45, 2.75) is 26.8 Å². The second-order valence-electron chi connectivity index (χ2n) is 3.04. The van der Waals surface area contributed by atoms with Crippen molar-refractivity contribution < 1.29 is 4.79 Å². The van der Waals surface area contributed by atoms with E-state index in [1.165, 1.54) is 0 Å². The maximum atomic E-state index is 11.3. The van der Waals surface area contributed by atoms with Crippen LogP contribution in [0.15, 0.2) is 28.0 Å². The Morgan fingerprint density at radius 2 is 1.92 bits per heavy atom. The minimum absolute atomic E-state index is 0.0207. The van der Waals surface area contributed by atoms with Gasteiger partial charge in [0, 0.05) is 0 Å². The van der Waals surface area contributed by atoms with Gasteiger partial charge >= 0.3 is 0 Å². The van der Waals surface area contributed by atoms with Gasteiger partial charge in [-0.2, -0.15) is 0 Å². The van der Waals surface area contributed by atoms with Crippen molar-refractivity contribution in [2.75, 3.05) is 0 Å². The molecule has 1 rings (SSSR count). The average Bonchev–Trinajstić information content (AvgIpc) is 2.08. The minimum Gasteiger partial charge on any atom is -0.289 e. The summed E-state index contributed by atoms with van der Waals surface area (Å²) in [7, 11) is 0. The lowest BCUT2D eigenvalue weighted by atomic mass is 9.90. The van der Waals surface area contributed by atoms with Crippen molar-refractivity contribution in [2.24, 2.45) is 5.18 Å². The molecule has 1 unspecified atom stereocenters. The molecule has 0 aromatic rings. The van der Waals surface area contributed by atoms with Gasteiger partial charge in [0.15, 0.2) is 5.78 Å². The molecule has 0 N–H and O–H groups in total. The predicted octanol–water partition coefficient (Wildman–Crippen LogP) is 1.99. The van der Waals surface area contributed by atoms with Crippen LogP contribution in [0.2, 0.25) is 0 Å². The van der Waals surface area contributed by atoms with E-state index in [0.29, 0.717) is 11.1 Å². The Balaban J connectivity index is 3.13. The SMILES string of the molecule is CC1=CC(N=O)C(C)=C(C)C1=O. The summed E-state index contributed by atoms with van der Waals surface area (Å²) >= 11 is 0. The molecule has 0 heterocycles. The summed E-state index contributed by atoms with van der Waals surface area (Å²) in [4.78, 5) is 21.7. The number of allylic oxidation sites excluding steroid dienone is 2. The van der Waals surface area contributed by atoms with E-state index in [4.69, 9.17) is 0 Å². The number of rotatable bonds is 1. The summed E-state index contributed by atoms with van der Waals surface area (Å²) in [5, 5.41) is 2.93. The molecule has 3 heteroatoms. The number of Topliss-reactive ketones (excluding diaryl/α,β-unsaturated/α-hetero) is 1. The maximum absolute atomic E-state index is 11.3. The van der Waals surface area contributed by atoms with Gasteiger partial charge in [0.2, 0.25) is 0 Å². The lowest BCUT2D eigenvalue weighted by Gasteiger charge is -2.15. The van der Waals surface area contributed by atoms with Crippen LogP contribution in [0.3, 0.4) is 0 Å². The summed E-state index contributed by atoms with van der Waals surface area (Å²) in [6.07, 6.45) is 1.61. The van der Waals surface area contributed by atoms with Gasteiger partial charge in [0.05, 0.1) is 0 Å². The molecule has 1 aliphatic rings. The van der Waals surface area contributed by atoms with Crippen molar-refractivity contribution in [3.63, 3.8) is 0 Å². The maximum Gasteiger partial charge on any atom is 0.184 e. The summed E-state index contributed by atoms with van der Waals surface area (Å²) < 4.78 is 0. The lowest BCUT2D eigenvalue weighted by molar-refractivity contribution is -0.112. The Morgan fingerprint density at radius 1 is 1.33 bits per heavy atom. The van der Waals surface area contributed by atoms with E-state index in [2.05, 4.69) is 5.18 Å². The van der Waals surface area contributed by atoms with Crippen molar-refractivity contribution in [3.05, 3.63) is 27.7 Å². The Morgan fingerprint density at radius 3 is 2.42 bits per heavy atom. The average molecular weight is 165 g/mol. The summed E-state index contributed by atoms with van der Waals surface area (Å²) in [6.45, 7) is 5.20. The number of nitroso groups, excluding NO2 is 1. The monoisotopic (exact) mass is 165 g/mol. The molecule has 3 nitrogen and oxygen atoms in total. The van der Waals surface area contributed by atoms with E-state index in [1.807, 2.05) is 0 Å². The molecule has 1 aliphatic carbocycles. The van der Waals surface area contributed by atoms with Crippen LogP contribution in [-0.4, -0.2) is 11.8 Å². The second-order valence-corrected chi connectivity index (χ2v) is 3.04. The van der Waals surface area contributed by atoms with Crippen LogP contribution in [0.25, 0.3) is 0 Å². The molecule has 0 aromatic heterocycles.